The van der Waals surface area contributed by atoms with E-state index in [-0.39, 0.29) is 32.5 Å². The number of piperazine rings is 2. The minimum absolute atomic E-state index is 0.0423. The molecule has 0 bridgehead atoms. The highest BCUT2D eigenvalue weighted by molar-refractivity contribution is 14.2. The first kappa shape index (κ1) is 38.0. The van der Waals surface area contributed by atoms with Crippen LogP contribution in [0.1, 0.15) is 17.3 Å². The highest BCUT2D eigenvalue weighted by Gasteiger charge is 2.31. The molecule has 16 heteroatoms. The van der Waals surface area contributed by atoms with E-state index in [1.807, 2.05) is 18.3 Å². The van der Waals surface area contributed by atoms with Gasteiger partial charge in [-0.15, -0.1) is 0 Å². The molecular formula is C47H43IN14O. The summed E-state index contributed by atoms with van der Waals surface area (Å²) < 4.78 is 4.34. The second-order valence-corrected chi connectivity index (χ2v) is 18.7. The van der Waals surface area contributed by atoms with Crippen LogP contribution in [0.2, 0.25) is 0 Å². The fourth-order valence-corrected chi connectivity index (χ4v) is 10.7. The Morgan fingerprint density at radius 2 is 1.46 bits per heavy atom. The maximum Gasteiger partial charge on any atom is 0.135 e. The van der Waals surface area contributed by atoms with Crippen LogP contribution < -0.4 is 9.80 Å². The highest BCUT2D eigenvalue weighted by atomic mass is 127. The summed E-state index contributed by atoms with van der Waals surface area (Å²) in [7, 11) is 4.37. The summed E-state index contributed by atoms with van der Waals surface area (Å²) in [6, 6.07) is 25.2. The normalized spacial score (nSPS) is 17.7. The van der Waals surface area contributed by atoms with Gasteiger partial charge in [-0.2, -0.15) is 10.2 Å². The van der Waals surface area contributed by atoms with Crippen LogP contribution in [0.5, 0.6) is 5.75 Å². The number of fused-ring (bicyclic) bond motifs is 4. The van der Waals surface area contributed by atoms with Crippen molar-refractivity contribution in [3.63, 3.8) is 0 Å². The first-order chi connectivity index (χ1) is 30.9. The van der Waals surface area contributed by atoms with Gasteiger partial charge in [0.15, 0.2) is 0 Å². The number of aromatic hydroxyl groups is 1. The monoisotopic (exact) mass is 946 g/mol. The van der Waals surface area contributed by atoms with Crippen molar-refractivity contribution in [1.82, 2.24) is 55.1 Å². The number of pyridine rings is 3. The predicted octanol–water partition coefficient (Wildman–Crippen LogP) is 7.69. The number of benzene rings is 2. The van der Waals surface area contributed by atoms with E-state index < -0.39 is 0 Å². The Kier molecular flexibility index (Phi) is 9.19. The molecule has 15 nitrogen and oxygen atoms in total. The molecule has 2 aromatic carbocycles. The molecule has 3 aliphatic rings. The standard InChI is InChI=1S/C47H43IN14O/c1-59-13-16-61(17-14-59)40-7-3-5-32-29(40)20-38(52-32)46-47-43(56-58-46)31(22-36(54-47)27-19-28(63)25-49-24-27)42-26-62(18-15-60(42)2)41-8-4-6-33-30(41)21-37(51-33)45-44-35(55-57-45)10-9-34(53-44)39-23-48-11-12-50-39/h3-12,19-25,42,51-52,63H,13-18,26H2,1-2H3,(H,55,57)(H,56,58). The van der Waals surface area contributed by atoms with Gasteiger partial charge >= 0.3 is 0 Å². The van der Waals surface area contributed by atoms with E-state index in [0.29, 0.717) is 6.54 Å². The van der Waals surface area contributed by atoms with Crippen molar-refractivity contribution < 1.29 is 5.11 Å². The number of nitrogens with zero attached hydrogens (tertiary/aromatic N) is 10. The van der Waals surface area contributed by atoms with Crippen molar-refractivity contribution >= 4 is 91.9 Å². The van der Waals surface area contributed by atoms with Crippen LogP contribution in [0.4, 0.5) is 11.4 Å². The lowest BCUT2D eigenvalue weighted by Crippen LogP contribution is -2.46. The zero-order valence-electron chi connectivity index (χ0n) is 34.6. The van der Waals surface area contributed by atoms with Crippen LogP contribution >= 0.6 is 20.7 Å². The molecule has 0 radical (unpaired) electrons. The largest absolute Gasteiger partial charge is 0.506 e. The van der Waals surface area contributed by atoms with Crippen molar-refractivity contribution in [2.45, 2.75) is 6.04 Å². The third-order valence-electron chi connectivity index (χ3n) is 12.7. The second-order valence-electron chi connectivity index (χ2n) is 16.6. The van der Waals surface area contributed by atoms with E-state index in [0.717, 1.165) is 134 Å². The van der Waals surface area contributed by atoms with E-state index in [1.54, 1.807) is 12.3 Å². The van der Waals surface area contributed by atoms with Crippen LogP contribution in [0, 0.1) is 0 Å². The number of anilines is 2. The molecule has 1 atom stereocenters. The third-order valence-corrected chi connectivity index (χ3v) is 14.4. The zero-order chi connectivity index (χ0) is 42.2. The fraction of sp³-hybridized carbons (Fsp3) is 0.213. The first-order valence-electron chi connectivity index (χ1n) is 21.1. The number of halogens is 1. The smallest absolute Gasteiger partial charge is 0.135 e. The van der Waals surface area contributed by atoms with Crippen molar-refractivity contribution in [3.05, 3.63) is 101 Å². The fourth-order valence-electron chi connectivity index (χ4n) is 9.36. The summed E-state index contributed by atoms with van der Waals surface area (Å²) in [4.78, 5) is 36.3. The molecule has 2 fully saturated rings. The van der Waals surface area contributed by atoms with E-state index in [2.05, 4.69) is 127 Å². The SMILES string of the molecule is CN1CCN(c2cccc3[nH]c(-c4[nH]nc5c(C6CN(c7cccc8[nH]c(-c9n[nH]c%10ccc(C%11=CI=CC=N%11)nc9%10)cc78)CCN6C)cc(-c6cncc(O)c6)nc45)cc23)CC1. The number of hydrogen-bond acceptors (Lipinski definition) is 11. The van der Waals surface area contributed by atoms with Gasteiger partial charge in [0.25, 0.3) is 0 Å². The van der Waals surface area contributed by atoms with Crippen molar-refractivity contribution in [1.29, 1.82) is 0 Å². The molecule has 0 saturated carbocycles. The van der Waals surface area contributed by atoms with Gasteiger partial charge in [-0.1, -0.05) is 32.9 Å². The number of nitrogens with one attached hydrogen (secondary N) is 4. The van der Waals surface area contributed by atoms with Gasteiger partial charge in [0.2, 0.25) is 0 Å². The summed E-state index contributed by atoms with van der Waals surface area (Å²) in [5.41, 5.74) is 15.4. The van der Waals surface area contributed by atoms with Crippen LogP contribution in [0.25, 0.3) is 83.6 Å². The maximum atomic E-state index is 10.5. The Labute approximate surface area is 371 Å². The number of aromatic nitrogens is 9. The molecule has 63 heavy (non-hydrogen) atoms. The van der Waals surface area contributed by atoms with Gasteiger partial charge in [-0.05, 0) is 82.9 Å². The molecule has 314 valence electrons. The number of H-pyrrole nitrogens is 4. The van der Waals surface area contributed by atoms with Crippen molar-refractivity contribution in [2.75, 3.05) is 69.7 Å². The van der Waals surface area contributed by atoms with Crippen molar-refractivity contribution in [2.24, 2.45) is 4.99 Å². The first-order valence-corrected chi connectivity index (χ1v) is 23.6. The molecule has 2 saturated heterocycles. The summed E-state index contributed by atoms with van der Waals surface area (Å²) in [6.45, 7) is 6.40. The van der Waals surface area contributed by atoms with Crippen molar-refractivity contribution in [3.8, 4) is 39.8 Å². The molecule has 0 amide bonds. The molecule has 0 aliphatic carbocycles. The minimum Gasteiger partial charge on any atom is -0.506 e. The zero-order valence-corrected chi connectivity index (χ0v) is 36.8. The van der Waals surface area contributed by atoms with Gasteiger partial charge in [-0.25, -0.2) is 9.97 Å². The van der Waals surface area contributed by atoms with Crippen LogP contribution in [0.15, 0.2) is 94.3 Å². The number of aromatic amines is 4. The molecule has 3 aliphatic heterocycles. The summed E-state index contributed by atoms with van der Waals surface area (Å²) in [5, 5.41) is 29.2. The van der Waals surface area contributed by atoms with Crippen LogP contribution in [-0.2, 0) is 0 Å². The Morgan fingerprint density at radius 1 is 0.698 bits per heavy atom. The Bertz CT molecular complexity index is 3330. The molecule has 5 N–H and O–H groups in total. The third kappa shape index (κ3) is 6.67. The van der Waals surface area contributed by atoms with E-state index >= 15 is 0 Å². The van der Waals surface area contributed by atoms with Gasteiger partial charge in [0, 0.05) is 103 Å². The van der Waals surface area contributed by atoms with Gasteiger partial charge in [0.05, 0.1) is 46.2 Å². The number of rotatable bonds is 7. The molecule has 1 unspecified atom stereocenters. The molecule has 0 spiro atoms. The Morgan fingerprint density at radius 3 is 2.25 bits per heavy atom. The maximum absolute atomic E-state index is 10.5. The van der Waals surface area contributed by atoms with E-state index in [1.165, 1.54) is 17.3 Å². The number of likely N-dealkylation sites (N-methyl/N-ethyl adjacent to an activating group) is 2. The Hall–Kier alpha value is -6.76. The minimum atomic E-state index is -0.160. The van der Waals surface area contributed by atoms with Gasteiger partial charge < -0.3 is 29.8 Å². The van der Waals surface area contributed by atoms with Gasteiger partial charge in [0.1, 0.15) is 33.7 Å². The van der Waals surface area contributed by atoms with E-state index in [4.69, 9.17) is 20.2 Å². The molecule has 10 heterocycles. The van der Waals surface area contributed by atoms with Crippen LogP contribution in [0.3, 0.4) is 0 Å². The van der Waals surface area contributed by atoms with E-state index in [9.17, 15) is 5.11 Å². The Balaban J connectivity index is 0.928. The number of aliphatic imine (C=N–C) groups is 1. The molecule has 12 rings (SSSR count). The average Bonchev–Trinajstić information content (AvgIpc) is 4.14. The predicted molar refractivity (Wildman–Crippen MR) is 261 cm³/mol. The lowest BCUT2D eigenvalue weighted by Gasteiger charge is -2.41. The number of hydrogen-bond donors (Lipinski definition) is 5. The summed E-state index contributed by atoms with van der Waals surface area (Å²) in [5.74, 6) is 0.0881. The van der Waals surface area contributed by atoms with Gasteiger partial charge in [-0.3, -0.25) is 25.1 Å². The molecule has 7 aromatic heterocycles. The summed E-state index contributed by atoms with van der Waals surface area (Å²) >= 11 is -0.160. The van der Waals surface area contributed by atoms with Crippen LogP contribution in [-0.4, -0.2) is 130 Å². The average molecular weight is 947 g/mol. The highest BCUT2D eigenvalue weighted by Crippen LogP contribution is 2.40. The molecular weight excluding hydrogens is 904 g/mol. The molecule has 9 aromatic rings. The second kappa shape index (κ2) is 15.2. The lowest BCUT2D eigenvalue weighted by atomic mass is 9.98. The quantitative estimate of drug-likeness (QED) is 0.0998. The topological polar surface area (TPSA) is 173 Å². The lowest BCUT2D eigenvalue weighted by molar-refractivity contribution is 0.222. The summed E-state index contributed by atoms with van der Waals surface area (Å²) in [6.07, 6.45) is 5.09.